The second kappa shape index (κ2) is 9.78. The topological polar surface area (TPSA) is 62.1 Å². The van der Waals surface area contributed by atoms with Gasteiger partial charge >= 0.3 is 0 Å². The highest BCUT2D eigenvalue weighted by Gasteiger charge is 2.13. The van der Waals surface area contributed by atoms with Gasteiger partial charge in [0.05, 0.1) is 0 Å². The van der Waals surface area contributed by atoms with Crippen molar-refractivity contribution in [3.63, 3.8) is 0 Å². The van der Waals surface area contributed by atoms with E-state index in [-0.39, 0.29) is 5.57 Å². The Bertz CT molecular complexity index is 1150. The summed E-state index contributed by atoms with van der Waals surface area (Å²) in [6.07, 6.45) is 1.53. The average Bonchev–Trinajstić information content (AvgIpc) is 2.74. The van der Waals surface area contributed by atoms with Crippen molar-refractivity contribution in [1.82, 2.24) is 0 Å². The Balaban J connectivity index is 1.81. The lowest BCUT2D eigenvalue weighted by Gasteiger charge is -2.11. The molecule has 30 heavy (non-hydrogen) atoms. The number of hydrogen-bond donors (Lipinski definition) is 1. The van der Waals surface area contributed by atoms with Crippen molar-refractivity contribution in [1.29, 1.82) is 5.26 Å². The van der Waals surface area contributed by atoms with Crippen LogP contribution in [0.25, 0.3) is 6.08 Å². The van der Waals surface area contributed by atoms with Crippen molar-refractivity contribution >= 4 is 29.3 Å². The number of ether oxygens (including phenoxy) is 1. The molecule has 5 heteroatoms. The number of carbonyl (C=O) groups is 1. The Morgan fingerprint density at radius 1 is 1.10 bits per heavy atom. The molecule has 0 aliphatic carbocycles. The molecular formula is C25H21ClN2O2. The van der Waals surface area contributed by atoms with Gasteiger partial charge in [-0.1, -0.05) is 65.7 Å². The summed E-state index contributed by atoms with van der Waals surface area (Å²) in [6.45, 7) is 4.23. The molecule has 0 heterocycles. The zero-order valence-corrected chi connectivity index (χ0v) is 17.5. The maximum atomic E-state index is 12.7. The maximum absolute atomic E-state index is 12.7. The van der Waals surface area contributed by atoms with Gasteiger partial charge in [-0.25, -0.2) is 0 Å². The van der Waals surface area contributed by atoms with Gasteiger partial charge in [0.2, 0.25) is 0 Å². The molecule has 0 atom stereocenters. The minimum absolute atomic E-state index is 0.0269. The summed E-state index contributed by atoms with van der Waals surface area (Å²) in [6, 6.07) is 22.6. The van der Waals surface area contributed by atoms with Gasteiger partial charge in [0.25, 0.3) is 5.91 Å². The highest BCUT2D eigenvalue weighted by Crippen LogP contribution is 2.25. The minimum atomic E-state index is -0.503. The number of carbonyl (C=O) groups excluding carboxylic acids is 1. The van der Waals surface area contributed by atoms with E-state index in [0.717, 1.165) is 16.7 Å². The third-order valence-electron chi connectivity index (χ3n) is 4.58. The van der Waals surface area contributed by atoms with Crippen LogP contribution in [0.15, 0.2) is 72.3 Å². The first-order valence-electron chi connectivity index (χ1n) is 9.43. The molecule has 3 rings (SSSR count). The van der Waals surface area contributed by atoms with Crippen LogP contribution in [0.5, 0.6) is 5.75 Å². The summed E-state index contributed by atoms with van der Waals surface area (Å²) in [5.74, 6) is 0.0925. The van der Waals surface area contributed by atoms with Crippen molar-refractivity contribution < 1.29 is 9.53 Å². The van der Waals surface area contributed by atoms with Crippen molar-refractivity contribution in [2.24, 2.45) is 0 Å². The van der Waals surface area contributed by atoms with Gasteiger partial charge in [-0.15, -0.1) is 0 Å². The summed E-state index contributed by atoms with van der Waals surface area (Å²) in [5, 5.41) is 12.8. The number of amides is 1. The van der Waals surface area contributed by atoms with E-state index in [4.69, 9.17) is 16.3 Å². The lowest BCUT2D eigenvalue weighted by molar-refractivity contribution is -0.112. The quantitative estimate of drug-likeness (QED) is 0.391. The second-order valence-electron chi connectivity index (χ2n) is 6.85. The number of aryl methyl sites for hydroxylation is 1. The van der Waals surface area contributed by atoms with Gasteiger partial charge in [0, 0.05) is 16.3 Å². The molecule has 0 aliphatic heterocycles. The van der Waals surface area contributed by atoms with Crippen LogP contribution in [0, 0.1) is 25.2 Å². The fraction of sp³-hybridized carbons (Fsp3) is 0.120. The molecule has 3 aromatic carbocycles. The molecule has 0 radical (unpaired) electrons. The number of halogens is 1. The normalized spacial score (nSPS) is 10.9. The van der Waals surface area contributed by atoms with E-state index in [9.17, 15) is 10.1 Å². The highest BCUT2D eigenvalue weighted by atomic mass is 35.5. The Kier molecular flexibility index (Phi) is 6.90. The summed E-state index contributed by atoms with van der Waals surface area (Å²) < 4.78 is 5.95. The van der Waals surface area contributed by atoms with Gasteiger partial charge in [-0.05, 0) is 49.2 Å². The summed E-state index contributed by atoms with van der Waals surface area (Å²) in [4.78, 5) is 12.7. The SMILES string of the molecule is Cc1cccc(COc2ccccc2/C=C(/C#N)C(=O)Nc2cccc(Cl)c2C)c1. The van der Waals surface area contributed by atoms with Crippen LogP contribution in [0.3, 0.4) is 0 Å². The van der Waals surface area contributed by atoms with E-state index in [2.05, 4.69) is 11.4 Å². The standard InChI is InChI=1S/C25H21ClN2O2/c1-17-7-5-8-19(13-17)16-30-24-12-4-3-9-20(24)14-21(15-27)25(29)28-23-11-6-10-22(26)18(23)2/h3-14H,16H2,1-2H3,(H,28,29)/b21-14-. The largest absolute Gasteiger partial charge is 0.488 e. The highest BCUT2D eigenvalue weighted by molar-refractivity contribution is 6.31. The van der Waals surface area contributed by atoms with Crippen LogP contribution in [0.2, 0.25) is 5.02 Å². The van der Waals surface area contributed by atoms with Gasteiger partial charge in [-0.2, -0.15) is 5.26 Å². The second-order valence-corrected chi connectivity index (χ2v) is 7.26. The fourth-order valence-electron chi connectivity index (χ4n) is 2.93. The van der Waals surface area contributed by atoms with E-state index >= 15 is 0 Å². The summed E-state index contributed by atoms with van der Waals surface area (Å²) in [5.41, 5.74) is 4.14. The molecule has 0 bridgehead atoms. The Morgan fingerprint density at radius 3 is 2.63 bits per heavy atom. The first kappa shape index (κ1) is 21.2. The third-order valence-corrected chi connectivity index (χ3v) is 4.99. The van der Waals surface area contributed by atoms with E-state index in [0.29, 0.717) is 28.6 Å². The van der Waals surface area contributed by atoms with Gasteiger partial charge < -0.3 is 10.1 Å². The van der Waals surface area contributed by atoms with Crippen LogP contribution < -0.4 is 10.1 Å². The molecule has 0 unspecified atom stereocenters. The lowest BCUT2D eigenvalue weighted by atomic mass is 10.1. The first-order valence-corrected chi connectivity index (χ1v) is 9.81. The zero-order valence-electron chi connectivity index (χ0n) is 16.8. The van der Waals surface area contributed by atoms with Gasteiger partial charge in [0.1, 0.15) is 24.0 Å². The Hall–Kier alpha value is -3.55. The van der Waals surface area contributed by atoms with Crippen LogP contribution in [-0.4, -0.2) is 5.91 Å². The molecule has 4 nitrogen and oxygen atoms in total. The summed E-state index contributed by atoms with van der Waals surface area (Å²) >= 11 is 6.11. The van der Waals surface area contributed by atoms with Gasteiger partial charge in [0.15, 0.2) is 0 Å². The van der Waals surface area contributed by atoms with Crippen molar-refractivity contribution in [3.05, 3.63) is 99.6 Å². The maximum Gasteiger partial charge on any atom is 0.266 e. The Morgan fingerprint density at radius 2 is 1.87 bits per heavy atom. The van der Waals surface area contributed by atoms with E-state index < -0.39 is 5.91 Å². The molecule has 1 amide bonds. The third kappa shape index (κ3) is 5.28. The molecule has 0 aromatic heterocycles. The van der Waals surface area contributed by atoms with Crippen molar-refractivity contribution in [2.75, 3.05) is 5.32 Å². The molecule has 0 saturated heterocycles. The molecule has 0 fully saturated rings. The number of nitrogens with zero attached hydrogens (tertiary/aromatic N) is 1. The van der Waals surface area contributed by atoms with Crippen LogP contribution in [-0.2, 0) is 11.4 Å². The number of nitriles is 1. The lowest BCUT2D eigenvalue weighted by Crippen LogP contribution is -2.14. The van der Waals surface area contributed by atoms with Gasteiger partial charge in [-0.3, -0.25) is 4.79 Å². The number of nitrogens with one attached hydrogen (secondary N) is 1. The molecule has 0 spiro atoms. The zero-order chi connectivity index (χ0) is 21.5. The molecule has 0 aliphatic rings. The number of benzene rings is 3. The number of anilines is 1. The average molecular weight is 417 g/mol. The first-order chi connectivity index (χ1) is 14.5. The number of rotatable bonds is 6. The van der Waals surface area contributed by atoms with E-state index in [1.54, 1.807) is 24.3 Å². The predicted molar refractivity (Wildman–Crippen MR) is 120 cm³/mol. The monoisotopic (exact) mass is 416 g/mol. The molecule has 0 saturated carbocycles. The molecular weight excluding hydrogens is 396 g/mol. The summed E-state index contributed by atoms with van der Waals surface area (Å²) in [7, 11) is 0. The van der Waals surface area contributed by atoms with E-state index in [1.807, 2.05) is 56.3 Å². The fourth-order valence-corrected chi connectivity index (χ4v) is 3.11. The number of hydrogen-bond acceptors (Lipinski definition) is 3. The van der Waals surface area contributed by atoms with Crippen LogP contribution in [0.4, 0.5) is 5.69 Å². The number of para-hydroxylation sites is 1. The molecule has 3 aromatic rings. The van der Waals surface area contributed by atoms with Crippen molar-refractivity contribution in [3.8, 4) is 11.8 Å². The minimum Gasteiger partial charge on any atom is -0.488 e. The van der Waals surface area contributed by atoms with Crippen LogP contribution in [0.1, 0.15) is 22.3 Å². The van der Waals surface area contributed by atoms with Crippen LogP contribution >= 0.6 is 11.6 Å². The van der Waals surface area contributed by atoms with E-state index in [1.165, 1.54) is 6.08 Å². The molecule has 1 N–H and O–H groups in total. The predicted octanol–water partition coefficient (Wildman–Crippen LogP) is 6.08. The Labute approximate surface area is 181 Å². The van der Waals surface area contributed by atoms with Crippen molar-refractivity contribution in [2.45, 2.75) is 20.5 Å². The smallest absolute Gasteiger partial charge is 0.266 e. The molecule has 150 valence electrons.